The van der Waals surface area contributed by atoms with E-state index in [1.54, 1.807) is 71.1 Å². The normalized spacial score (nSPS) is 11.5. The van der Waals surface area contributed by atoms with E-state index in [2.05, 4.69) is 10.6 Å². The van der Waals surface area contributed by atoms with Crippen LogP contribution in [0.4, 0.5) is 0 Å². The molecule has 0 saturated carbocycles. The van der Waals surface area contributed by atoms with Gasteiger partial charge in [-0.25, -0.2) is 9.59 Å². The second-order valence-corrected chi connectivity index (χ2v) is 9.06. The molecule has 0 spiro atoms. The van der Waals surface area contributed by atoms with E-state index in [1.807, 2.05) is 12.1 Å². The summed E-state index contributed by atoms with van der Waals surface area (Å²) in [5.41, 5.74) is -0.649. The standard InChI is InChI=1S/C25H31ClN2O6/c1-24(2,27-5)22(30)32-16-33-23(31)25(3,4)34-20-12-6-17(7-13-20)14-15-28-21(29)18-8-10-19(26)11-9-18/h6-13,27H,14-16H2,1-5H3,(H,28,29). The lowest BCUT2D eigenvalue weighted by molar-refractivity contribution is -0.180. The van der Waals surface area contributed by atoms with Gasteiger partial charge >= 0.3 is 11.9 Å². The Kier molecular flexibility index (Phi) is 9.46. The average molecular weight is 491 g/mol. The summed E-state index contributed by atoms with van der Waals surface area (Å²) in [5.74, 6) is -0.903. The SMILES string of the molecule is CNC(C)(C)C(=O)OCOC(=O)C(C)(C)Oc1ccc(CCNC(=O)c2ccc(Cl)cc2)cc1. The van der Waals surface area contributed by atoms with Crippen LogP contribution in [-0.4, -0.2) is 49.4 Å². The summed E-state index contributed by atoms with van der Waals surface area (Å²) in [5, 5.41) is 6.25. The van der Waals surface area contributed by atoms with E-state index in [4.69, 9.17) is 25.8 Å². The van der Waals surface area contributed by atoms with Gasteiger partial charge in [-0.1, -0.05) is 23.7 Å². The topological polar surface area (TPSA) is 103 Å². The maximum Gasteiger partial charge on any atom is 0.352 e. The fourth-order valence-corrected chi connectivity index (χ4v) is 2.80. The van der Waals surface area contributed by atoms with E-state index in [1.165, 1.54) is 0 Å². The van der Waals surface area contributed by atoms with Crippen molar-refractivity contribution in [3.63, 3.8) is 0 Å². The highest BCUT2D eigenvalue weighted by Crippen LogP contribution is 2.20. The number of nitrogens with one attached hydrogen (secondary N) is 2. The van der Waals surface area contributed by atoms with Crippen LogP contribution in [0.5, 0.6) is 5.75 Å². The van der Waals surface area contributed by atoms with Crippen LogP contribution in [0.15, 0.2) is 48.5 Å². The lowest BCUT2D eigenvalue weighted by Gasteiger charge is -2.25. The second-order valence-electron chi connectivity index (χ2n) is 8.63. The van der Waals surface area contributed by atoms with Crippen molar-refractivity contribution in [1.82, 2.24) is 10.6 Å². The molecule has 0 radical (unpaired) electrons. The van der Waals surface area contributed by atoms with Gasteiger partial charge in [0, 0.05) is 17.1 Å². The summed E-state index contributed by atoms with van der Waals surface area (Å²) < 4.78 is 15.8. The average Bonchev–Trinajstić information content (AvgIpc) is 2.80. The number of carbonyl (C=O) groups excluding carboxylic acids is 3. The molecule has 8 nitrogen and oxygen atoms in total. The monoisotopic (exact) mass is 490 g/mol. The quantitative estimate of drug-likeness (QED) is 0.367. The molecule has 0 aliphatic rings. The van der Waals surface area contributed by atoms with Gasteiger partial charge in [0.05, 0.1) is 0 Å². The maximum atomic E-state index is 12.4. The van der Waals surface area contributed by atoms with Gasteiger partial charge in [-0.15, -0.1) is 0 Å². The molecule has 0 fully saturated rings. The Balaban J connectivity index is 1.79. The summed E-state index contributed by atoms with van der Waals surface area (Å²) in [4.78, 5) is 36.4. The predicted octanol–water partition coefficient (Wildman–Crippen LogP) is 3.51. The molecular weight excluding hydrogens is 460 g/mol. The van der Waals surface area contributed by atoms with Crippen molar-refractivity contribution in [2.24, 2.45) is 0 Å². The molecule has 0 aliphatic carbocycles. The van der Waals surface area contributed by atoms with Gasteiger partial charge < -0.3 is 24.8 Å². The minimum atomic E-state index is -1.29. The Morgan fingerprint density at radius 3 is 2.06 bits per heavy atom. The van der Waals surface area contributed by atoms with Crippen LogP contribution in [0.1, 0.15) is 43.6 Å². The van der Waals surface area contributed by atoms with Crippen molar-refractivity contribution < 1.29 is 28.6 Å². The minimum Gasteiger partial charge on any atom is -0.476 e. The first-order valence-corrected chi connectivity index (χ1v) is 11.2. The second kappa shape index (κ2) is 11.9. The molecule has 9 heteroatoms. The van der Waals surface area contributed by atoms with Crippen molar-refractivity contribution in [2.75, 3.05) is 20.4 Å². The molecule has 0 saturated heterocycles. The summed E-state index contributed by atoms with van der Waals surface area (Å²) >= 11 is 5.84. The molecule has 0 unspecified atom stereocenters. The van der Waals surface area contributed by atoms with Gasteiger partial charge in [0.15, 0.2) is 5.60 Å². The van der Waals surface area contributed by atoms with E-state index in [0.717, 1.165) is 5.56 Å². The number of ether oxygens (including phenoxy) is 3. The van der Waals surface area contributed by atoms with E-state index in [0.29, 0.717) is 29.3 Å². The maximum absolute atomic E-state index is 12.4. The number of amides is 1. The van der Waals surface area contributed by atoms with Gasteiger partial charge in [-0.3, -0.25) is 4.79 Å². The largest absolute Gasteiger partial charge is 0.476 e. The van der Waals surface area contributed by atoms with Crippen LogP contribution in [0.3, 0.4) is 0 Å². The summed E-state index contributed by atoms with van der Waals surface area (Å²) in [6.45, 7) is 6.39. The number of hydrogen-bond donors (Lipinski definition) is 2. The molecule has 1 amide bonds. The zero-order valence-electron chi connectivity index (χ0n) is 20.1. The first-order valence-electron chi connectivity index (χ1n) is 10.8. The molecular formula is C25H31ClN2O6. The van der Waals surface area contributed by atoms with Crippen molar-refractivity contribution in [3.8, 4) is 5.75 Å². The highest BCUT2D eigenvalue weighted by molar-refractivity contribution is 6.30. The molecule has 0 heterocycles. The summed E-state index contributed by atoms with van der Waals surface area (Å²) in [6, 6.07) is 13.9. The van der Waals surface area contributed by atoms with E-state index in [9.17, 15) is 14.4 Å². The van der Waals surface area contributed by atoms with Crippen LogP contribution in [-0.2, 0) is 25.5 Å². The van der Waals surface area contributed by atoms with Crippen LogP contribution >= 0.6 is 11.6 Å². The highest BCUT2D eigenvalue weighted by atomic mass is 35.5. The lowest BCUT2D eigenvalue weighted by Crippen LogP contribution is -2.46. The van der Waals surface area contributed by atoms with E-state index in [-0.39, 0.29) is 5.91 Å². The number of likely N-dealkylation sites (N-methyl/N-ethyl adjacent to an activating group) is 1. The van der Waals surface area contributed by atoms with Crippen molar-refractivity contribution in [1.29, 1.82) is 0 Å². The fourth-order valence-electron chi connectivity index (χ4n) is 2.68. The van der Waals surface area contributed by atoms with Crippen molar-refractivity contribution >= 4 is 29.4 Å². The number of hydrogen-bond acceptors (Lipinski definition) is 7. The molecule has 2 rings (SSSR count). The van der Waals surface area contributed by atoms with Gasteiger partial charge in [0.2, 0.25) is 6.79 Å². The third kappa shape index (κ3) is 8.04. The summed E-state index contributed by atoms with van der Waals surface area (Å²) in [6.07, 6.45) is 0.624. The Morgan fingerprint density at radius 2 is 1.47 bits per heavy atom. The molecule has 2 N–H and O–H groups in total. The molecule has 0 aliphatic heterocycles. The Morgan fingerprint density at radius 1 is 0.882 bits per heavy atom. The lowest BCUT2D eigenvalue weighted by atomic mass is 10.1. The number of benzene rings is 2. The number of halogens is 1. The molecule has 184 valence electrons. The summed E-state index contributed by atoms with van der Waals surface area (Å²) in [7, 11) is 1.63. The zero-order valence-corrected chi connectivity index (χ0v) is 20.8. The van der Waals surface area contributed by atoms with Crippen LogP contribution < -0.4 is 15.4 Å². The zero-order chi connectivity index (χ0) is 25.4. The Hall–Kier alpha value is -3.10. The fraction of sp³-hybridized carbons (Fsp3) is 0.400. The molecule has 2 aromatic rings. The van der Waals surface area contributed by atoms with Crippen LogP contribution in [0, 0.1) is 0 Å². The van der Waals surface area contributed by atoms with E-state index >= 15 is 0 Å². The highest BCUT2D eigenvalue weighted by Gasteiger charge is 2.33. The Bertz CT molecular complexity index is 987. The smallest absolute Gasteiger partial charge is 0.352 e. The van der Waals surface area contributed by atoms with Gasteiger partial charge in [0.25, 0.3) is 5.91 Å². The molecule has 34 heavy (non-hydrogen) atoms. The number of carbonyl (C=O) groups is 3. The van der Waals surface area contributed by atoms with Crippen LogP contribution in [0.25, 0.3) is 0 Å². The number of rotatable bonds is 11. The van der Waals surface area contributed by atoms with Gasteiger partial charge in [0.1, 0.15) is 11.3 Å². The first kappa shape index (κ1) is 27.1. The first-order chi connectivity index (χ1) is 15.9. The third-order valence-electron chi connectivity index (χ3n) is 5.11. The Labute approximate surface area is 204 Å². The number of esters is 2. The molecule has 0 atom stereocenters. The van der Waals surface area contributed by atoms with Gasteiger partial charge in [-0.2, -0.15) is 0 Å². The van der Waals surface area contributed by atoms with Crippen molar-refractivity contribution in [2.45, 2.75) is 45.3 Å². The van der Waals surface area contributed by atoms with Crippen molar-refractivity contribution in [3.05, 3.63) is 64.7 Å². The van der Waals surface area contributed by atoms with E-state index < -0.39 is 29.9 Å². The van der Waals surface area contributed by atoms with Crippen LogP contribution in [0.2, 0.25) is 5.02 Å². The third-order valence-corrected chi connectivity index (χ3v) is 5.36. The molecule has 0 aromatic heterocycles. The predicted molar refractivity (Wildman–Crippen MR) is 129 cm³/mol. The molecule has 0 bridgehead atoms. The molecule has 2 aromatic carbocycles. The van der Waals surface area contributed by atoms with Gasteiger partial charge in [-0.05, 0) is 83.1 Å². The minimum absolute atomic E-state index is 0.169.